The fraction of sp³-hybridized carbons (Fsp3) is 0.619. The zero-order chi connectivity index (χ0) is 21.6. The number of carbonyl (C=O) groups is 2. The largest absolute Gasteiger partial charge is 0.382 e. The van der Waals surface area contributed by atoms with E-state index in [2.05, 4.69) is 31.6 Å². The van der Waals surface area contributed by atoms with Crippen LogP contribution in [0.1, 0.15) is 63.2 Å². The highest BCUT2D eigenvalue weighted by Gasteiger charge is 2.23. The number of hydrogen-bond acceptors (Lipinski definition) is 6. The van der Waals surface area contributed by atoms with Gasteiger partial charge in [0.05, 0.1) is 0 Å². The Bertz CT molecular complexity index is 612. The number of aliphatic hydroxyl groups excluding tert-OH is 1. The fourth-order valence-corrected chi connectivity index (χ4v) is 4.27. The van der Waals surface area contributed by atoms with E-state index in [0.29, 0.717) is 17.2 Å². The molecule has 0 bridgehead atoms. The Morgan fingerprint density at radius 3 is 2.38 bits per heavy atom. The first kappa shape index (κ1) is 25.8. The summed E-state index contributed by atoms with van der Waals surface area (Å²) in [7, 11) is 0. The van der Waals surface area contributed by atoms with E-state index in [4.69, 9.17) is 5.73 Å². The van der Waals surface area contributed by atoms with Crippen molar-refractivity contribution in [2.75, 3.05) is 11.5 Å². The molecule has 0 aliphatic carbocycles. The molecule has 0 radical (unpaired) electrons. The number of nitrogens with one attached hydrogen (secondary N) is 2. The summed E-state index contributed by atoms with van der Waals surface area (Å²) in [6.07, 6.45) is 4.08. The van der Waals surface area contributed by atoms with Crippen molar-refractivity contribution in [3.8, 4) is 0 Å². The molecular formula is C21H35N3O3S2. The van der Waals surface area contributed by atoms with Gasteiger partial charge in [0.2, 0.25) is 0 Å². The van der Waals surface area contributed by atoms with E-state index in [1.165, 1.54) is 25.7 Å². The second-order valence-electron chi connectivity index (χ2n) is 7.19. The van der Waals surface area contributed by atoms with Crippen LogP contribution in [0.25, 0.3) is 0 Å². The van der Waals surface area contributed by atoms with Crippen molar-refractivity contribution in [3.63, 3.8) is 0 Å². The smallest absolute Gasteiger partial charge is 0.269 e. The molecule has 0 aliphatic rings. The summed E-state index contributed by atoms with van der Waals surface area (Å²) < 4.78 is 0. The maximum absolute atomic E-state index is 12.2. The fourth-order valence-electron chi connectivity index (χ4n) is 2.48. The number of benzene rings is 1. The summed E-state index contributed by atoms with van der Waals surface area (Å²) in [5.74, 6) is 0.683. The highest BCUT2D eigenvalue weighted by molar-refractivity contribution is 7.99. The van der Waals surface area contributed by atoms with Crippen molar-refractivity contribution in [1.82, 2.24) is 10.9 Å². The molecule has 1 rings (SSSR count). The van der Waals surface area contributed by atoms with Gasteiger partial charge in [-0.2, -0.15) is 11.8 Å². The predicted molar refractivity (Wildman–Crippen MR) is 123 cm³/mol. The zero-order valence-electron chi connectivity index (χ0n) is 17.6. The predicted octanol–water partition coefficient (Wildman–Crippen LogP) is 3.34. The zero-order valence-corrected chi connectivity index (χ0v) is 19.3. The SMILES string of the molecule is CCCCCCSc1ccc(C(=O)NNC(=O)C(O)[C@H](N)CCSC(C)C)cc1. The Hall–Kier alpha value is -1.22. The Labute approximate surface area is 183 Å². The highest BCUT2D eigenvalue weighted by Crippen LogP contribution is 2.20. The van der Waals surface area contributed by atoms with Crippen LogP contribution in [0.3, 0.4) is 0 Å². The molecule has 5 N–H and O–H groups in total. The number of unbranched alkanes of at least 4 members (excludes halogenated alkanes) is 3. The molecule has 0 heterocycles. The number of carbonyl (C=O) groups excluding carboxylic acids is 2. The molecular weight excluding hydrogens is 406 g/mol. The van der Waals surface area contributed by atoms with Gasteiger partial charge < -0.3 is 10.8 Å². The maximum atomic E-state index is 12.2. The minimum Gasteiger partial charge on any atom is -0.382 e. The average Bonchev–Trinajstić information content (AvgIpc) is 2.71. The Morgan fingerprint density at radius 2 is 1.76 bits per heavy atom. The van der Waals surface area contributed by atoms with Gasteiger partial charge in [0.25, 0.3) is 11.8 Å². The van der Waals surface area contributed by atoms with Crippen LogP contribution in [0.2, 0.25) is 0 Å². The van der Waals surface area contributed by atoms with Gasteiger partial charge in [-0.15, -0.1) is 11.8 Å². The van der Waals surface area contributed by atoms with Crippen LogP contribution >= 0.6 is 23.5 Å². The molecule has 0 spiro atoms. The normalized spacial score (nSPS) is 13.2. The summed E-state index contributed by atoms with van der Waals surface area (Å²) in [5, 5.41) is 10.5. The summed E-state index contributed by atoms with van der Waals surface area (Å²) in [6, 6.07) is 6.57. The molecule has 2 atom stereocenters. The quantitative estimate of drug-likeness (QED) is 0.213. The van der Waals surface area contributed by atoms with E-state index in [0.717, 1.165) is 16.4 Å². The molecule has 1 aromatic rings. The average molecular weight is 442 g/mol. The number of rotatable bonds is 13. The lowest BCUT2D eigenvalue weighted by Crippen LogP contribution is -2.52. The molecule has 0 aliphatic heterocycles. The summed E-state index contributed by atoms with van der Waals surface area (Å²) in [6.45, 7) is 6.35. The first-order valence-corrected chi connectivity index (χ1v) is 12.3. The molecule has 0 saturated carbocycles. The number of hydrazine groups is 1. The number of amides is 2. The molecule has 6 nitrogen and oxygen atoms in total. The van der Waals surface area contributed by atoms with Crippen LogP contribution in [0.15, 0.2) is 29.2 Å². The van der Waals surface area contributed by atoms with E-state index in [1.54, 1.807) is 35.7 Å². The number of hydrogen-bond donors (Lipinski definition) is 4. The number of nitrogens with two attached hydrogens (primary N) is 1. The lowest BCUT2D eigenvalue weighted by Gasteiger charge is -2.18. The van der Waals surface area contributed by atoms with Gasteiger partial charge in [-0.3, -0.25) is 20.4 Å². The van der Waals surface area contributed by atoms with Gasteiger partial charge >= 0.3 is 0 Å². The van der Waals surface area contributed by atoms with Gasteiger partial charge in [0, 0.05) is 16.5 Å². The number of aliphatic hydroxyl groups is 1. The minimum atomic E-state index is -1.37. The third kappa shape index (κ3) is 10.9. The van der Waals surface area contributed by atoms with Crippen molar-refractivity contribution in [2.45, 2.75) is 75.2 Å². The molecule has 164 valence electrons. The molecule has 29 heavy (non-hydrogen) atoms. The van der Waals surface area contributed by atoms with Gasteiger partial charge in [-0.25, -0.2) is 0 Å². The van der Waals surface area contributed by atoms with E-state index < -0.39 is 24.0 Å². The van der Waals surface area contributed by atoms with Gasteiger partial charge in [0.15, 0.2) is 0 Å². The summed E-state index contributed by atoms with van der Waals surface area (Å²) in [4.78, 5) is 25.3. The third-order valence-electron chi connectivity index (χ3n) is 4.26. The van der Waals surface area contributed by atoms with Crippen LogP contribution in [0.4, 0.5) is 0 Å². The molecule has 0 saturated heterocycles. The Kier molecular flexibility index (Phi) is 13.1. The first-order valence-electron chi connectivity index (χ1n) is 10.2. The first-order chi connectivity index (χ1) is 13.8. The summed E-state index contributed by atoms with van der Waals surface area (Å²) in [5.41, 5.74) is 10.9. The molecule has 0 aromatic heterocycles. The topological polar surface area (TPSA) is 104 Å². The van der Waals surface area contributed by atoms with Crippen molar-refractivity contribution < 1.29 is 14.7 Å². The second-order valence-corrected chi connectivity index (χ2v) is 10.0. The Morgan fingerprint density at radius 1 is 1.07 bits per heavy atom. The summed E-state index contributed by atoms with van der Waals surface area (Å²) >= 11 is 3.49. The van der Waals surface area contributed by atoms with E-state index in [-0.39, 0.29) is 0 Å². The van der Waals surface area contributed by atoms with Crippen molar-refractivity contribution >= 4 is 35.3 Å². The lowest BCUT2D eigenvalue weighted by atomic mass is 10.1. The highest BCUT2D eigenvalue weighted by atomic mass is 32.2. The van der Waals surface area contributed by atoms with Gasteiger partial charge in [0.1, 0.15) is 6.10 Å². The Balaban J connectivity index is 2.36. The van der Waals surface area contributed by atoms with Crippen LogP contribution in [-0.2, 0) is 4.79 Å². The molecule has 1 aromatic carbocycles. The van der Waals surface area contributed by atoms with Gasteiger partial charge in [-0.05, 0) is 53.9 Å². The van der Waals surface area contributed by atoms with Crippen LogP contribution in [-0.4, -0.2) is 45.8 Å². The van der Waals surface area contributed by atoms with Crippen LogP contribution in [0, 0.1) is 0 Å². The monoisotopic (exact) mass is 441 g/mol. The molecule has 1 unspecified atom stereocenters. The van der Waals surface area contributed by atoms with Crippen LogP contribution < -0.4 is 16.6 Å². The minimum absolute atomic E-state index is 0.436. The van der Waals surface area contributed by atoms with E-state index in [9.17, 15) is 14.7 Å². The maximum Gasteiger partial charge on any atom is 0.269 e. The van der Waals surface area contributed by atoms with Crippen molar-refractivity contribution in [3.05, 3.63) is 29.8 Å². The van der Waals surface area contributed by atoms with Crippen molar-refractivity contribution in [2.24, 2.45) is 5.73 Å². The number of thioether (sulfide) groups is 2. The van der Waals surface area contributed by atoms with Crippen LogP contribution in [0.5, 0.6) is 0 Å². The van der Waals surface area contributed by atoms with E-state index >= 15 is 0 Å². The lowest BCUT2D eigenvalue weighted by molar-refractivity contribution is -0.131. The van der Waals surface area contributed by atoms with E-state index in [1.807, 2.05) is 12.1 Å². The standard InChI is InChI=1S/C21H35N3O3S2/c1-4-5-6-7-13-29-17-10-8-16(9-11-17)20(26)23-24-21(27)19(25)18(22)12-14-28-15(2)3/h8-11,15,18-19,25H,4-7,12-14,22H2,1-3H3,(H,23,26)(H,24,27)/t18-,19?/m1/s1. The molecule has 8 heteroatoms. The molecule has 2 amide bonds. The second kappa shape index (κ2) is 14.7. The third-order valence-corrected chi connectivity index (χ3v) is 6.50. The molecule has 0 fully saturated rings. The van der Waals surface area contributed by atoms with Gasteiger partial charge in [-0.1, -0.05) is 40.0 Å². The van der Waals surface area contributed by atoms with Crippen molar-refractivity contribution in [1.29, 1.82) is 0 Å².